The molecular weight excluding hydrogens is 636 g/mol. The molecule has 2 rings (SSSR count). The van der Waals surface area contributed by atoms with Crippen LogP contribution in [0, 0.1) is 11.8 Å². The summed E-state index contributed by atoms with van der Waals surface area (Å²) >= 11 is 0. The average Bonchev–Trinajstić information content (AvgIpc) is 3.10. The summed E-state index contributed by atoms with van der Waals surface area (Å²) in [5.41, 5.74) is 13.8. The van der Waals surface area contributed by atoms with Crippen LogP contribution in [-0.4, -0.2) is 88.2 Å². The summed E-state index contributed by atoms with van der Waals surface area (Å²) in [6.07, 6.45) is 3.60. The number of ketones is 2. The zero-order valence-corrected chi connectivity index (χ0v) is 30.3. The van der Waals surface area contributed by atoms with Crippen LogP contribution in [-0.2, 0) is 46.2 Å². The van der Waals surface area contributed by atoms with Gasteiger partial charge in [0.05, 0.1) is 44.6 Å². The molecule has 11 nitrogen and oxygen atoms in total. The highest BCUT2D eigenvalue weighted by atomic mass is 16.5. The van der Waals surface area contributed by atoms with Gasteiger partial charge >= 0.3 is 0 Å². The predicted molar refractivity (Wildman–Crippen MR) is 195 cm³/mol. The Morgan fingerprint density at radius 2 is 1.28 bits per heavy atom. The van der Waals surface area contributed by atoms with Crippen LogP contribution in [0.15, 0.2) is 60.7 Å². The fraction of sp³-hybridized carbons (Fsp3) is 0.590. The van der Waals surface area contributed by atoms with Crippen molar-refractivity contribution in [3.05, 3.63) is 71.8 Å². The van der Waals surface area contributed by atoms with E-state index in [2.05, 4.69) is 10.6 Å². The maximum atomic E-state index is 13.9. The summed E-state index contributed by atoms with van der Waals surface area (Å²) in [7, 11) is 1.61. The van der Waals surface area contributed by atoms with Crippen LogP contribution < -0.4 is 22.1 Å². The van der Waals surface area contributed by atoms with Gasteiger partial charge < -0.3 is 36.3 Å². The van der Waals surface area contributed by atoms with Crippen LogP contribution in [0.1, 0.15) is 69.9 Å². The lowest BCUT2D eigenvalue weighted by Gasteiger charge is -2.25. The summed E-state index contributed by atoms with van der Waals surface area (Å²) in [4.78, 5) is 54.3. The number of nitrogens with one attached hydrogen (secondary N) is 2. The van der Waals surface area contributed by atoms with E-state index < -0.39 is 30.0 Å². The number of hydrogen-bond acceptors (Lipinski definition) is 9. The van der Waals surface area contributed by atoms with E-state index in [1.54, 1.807) is 7.11 Å². The highest BCUT2D eigenvalue weighted by molar-refractivity contribution is 5.95. The molecule has 0 unspecified atom stereocenters. The fourth-order valence-corrected chi connectivity index (χ4v) is 5.65. The molecule has 0 aliphatic heterocycles. The van der Waals surface area contributed by atoms with Crippen LogP contribution in [0.25, 0.3) is 0 Å². The van der Waals surface area contributed by atoms with Crippen molar-refractivity contribution in [1.82, 2.24) is 10.6 Å². The van der Waals surface area contributed by atoms with E-state index in [-0.39, 0.29) is 42.7 Å². The van der Waals surface area contributed by atoms with Gasteiger partial charge in [-0.1, -0.05) is 74.5 Å². The Labute approximate surface area is 298 Å². The molecule has 0 bridgehead atoms. The third kappa shape index (κ3) is 18.0. The molecule has 0 aromatic heterocycles. The minimum atomic E-state index is -0.874. The van der Waals surface area contributed by atoms with Crippen LogP contribution in [0.3, 0.4) is 0 Å². The van der Waals surface area contributed by atoms with Crippen LogP contribution in [0.2, 0.25) is 0 Å². The molecule has 11 heteroatoms. The summed E-state index contributed by atoms with van der Waals surface area (Å²) in [6.45, 7) is 6.75. The van der Waals surface area contributed by atoms with Crippen molar-refractivity contribution in [2.75, 3.05) is 46.7 Å². The predicted octanol–water partition coefficient (Wildman–Crippen LogP) is 3.55. The van der Waals surface area contributed by atoms with Crippen molar-refractivity contribution in [2.24, 2.45) is 23.3 Å². The number of Topliss-reactive ketones (excluding diaryl/α,β-unsaturated/α-hetero) is 2. The van der Waals surface area contributed by atoms with Crippen molar-refractivity contribution < 1.29 is 33.4 Å². The third-order valence-electron chi connectivity index (χ3n) is 8.37. The molecule has 2 amide bonds. The van der Waals surface area contributed by atoms with Crippen LogP contribution >= 0.6 is 0 Å². The van der Waals surface area contributed by atoms with Crippen molar-refractivity contribution in [2.45, 2.75) is 89.8 Å². The average molecular weight is 697 g/mol. The molecule has 0 aliphatic rings. The summed E-state index contributed by atoms with van der Waals surface area (Å²) in [5, 5.41) is 5.87. The topological polar surface area (TPSA) is 172 Å². The Morgan fingerprint density at radius 1 is 0.700 bits per heavy atom. The van der Waals surface area contributed by atoms with Gasteiger partial charge in [0.2, 0.25) is 11.8 Å². The number of carbonyl (C=O) groups excluding carboxylic acids is 4. The molecule has 0 fully saturated rings. The van der Waals surface area contributed by atoms with Gasteiger partial charge in [0.1, 0.15) is 0 Å². The maximum absolute atomic E-state index is 13.9. The molecule has 0 heterocycles. The molecule has 4 atom stereocenters. The van der Waals surface area contributed by atoms with E-state index in [0.717, 1.165) is 17.5 Å². The lowest BCUT2D eigenvalue weighted by molar-refractivity contribution is -0.134. The molecule has 0 spiro atoms. The van der Waals surface area contributed by atoms with Crippen molar-refractivity contribution in [3.63, 3.8) is 0 Å². The Hall–Kier alpha value is -3.48. The first-order valence-corrected chi connectivity index (χ1v) is 18.0. The maximum Gasteiger partial charge on any atom is 0.237 e. The number of ether oxygens (including phenoxy) is 3. The Balaban J connectivity index is 2.10. The molecule has 0 radical (unpaired) electrons. The number of unbranched alkanes of at least 4 members (excludes halogenated alkanes) is 1. The largest absolute Gasteiger partial charge is 0.382 e. The molecule has 50 heavy (non-hydrogen) atoms. The van der Waals surface area contributed by atoms with Gasteiger partial charge in [-0.3, -0.25) is 19.2 Å². The second kappa shape index (κ2) is 25.5. The molecule has 0 saturated heterocycles. The van der Waals surface area contributed by atoms with Gasteiger partial charge in [0.25, 0.3) is 0 Å². The normalized spacial score (nSPS) is 13.7. The molecule has 2 aromatic carbocycles. The molecule has 278 valence electrons. The van der Waals surface area contributed by atoms with E-state index >= 15 is 0 Å². The third-order valence-corrected chi connectivity index (χ3v) is 8.37. The second-order valence-corrected chi connectivity index (χ2v) is 13.2. The Morgan fingerprint density at radius 3 is 1.88 bits per heavy atom. The lowest BCUT2D eigenvalue weighted by atomic mass is 9.87. The first-order chi connectivity index (χ1) is 24.1. The van der Waals surface area contributed by atoms with Gasteiger partial charge in [0, 0.05) is 32.5 Å². The number of carbonyl (C=O) groups is 4. The van der Waals surface area contributed by atoms with Gasteiger partial charge in [-0.05, 0) is 68.5 Å². The van der Waals surface area contributed by atoms with E-state index in [0.29, 0.717) is 71.7 Å². The van der Waals surface area contributed by atoms with Crippen LogP contribution in [0.4, 0.5) is 0 Å². The standard InChI is InChI=1S/C39H60N4O7/c1-29(2)25-32(38(46)42-34(17-10-11-19-40)36(44)18-12-20-49-23-24-50-22-21-48-3)28-37(45)35(27-31-15-8-5-9-16-31)43-39(47)33(41)26-30-13-6-4-7-14-30/h4-9,13-16,29,32-35H,10-12,17-28,40-41H2,1-3H3,(H,42,46)(H,43,47)/t32-,33+,34+,35+/m0/s1. The monoisotopic (exact) mass is 696 g/mol. The van der Waals surface area contributed by atoms with Crippen molar-refractivity contribution >= 4 is 23.4 Å². The van der Waals surface area contributed by atoms with Gasteiger partial charge in [-0.25, -0.2) is 0 Å². The number of nitrogens with two attached hydrogens (primary N) is 2. The van der Waals surface area contributed by atoms with Crippen LogP contribution in [0.5, 0.6) is 0 Å². The number of benzene rings is 2. The number of rotatable bonds is 28. The first kappa shape index (κ1) is 42.7. The lowest BCUT2D eigenvalue weighted by Crippen LogP contribution is -2.51. The van der Waals surface area contributed by atoms with Crippen molar-refractivity contribution in [1.29, 1.82) is 0 Å². The van der Waals surface area contributed by atoms with Gasteiger partial charge in [-0.2, -0.15) is 0 Å². The summed E-state index contributed by atoms with van der Waals surface area (Å²) in [5.74, 6) is -1.67. The summed E-state index contributed by atoms with van der Waals surface area (Å²) in [6, 6.07) is 16.5. The smallest absolute Gasteiger partial charge is 0.237 e. The second-order valence-electron chi connectivity index (χ2n) is 13.2. The van der Waals surface area contributed by atoms with Crippen molar-refractivity contribution in [3.8, 4) is 0 Å². The number of amides is 2. The minimum absolute atomic E-state index is 0.0773. The molecule has 0 saturated carbocycles. The SMILES string of the molecule is COCCOCCOCCCC(=O)[C@@H](CCCCN)NC(=O)[C@H](CC(=O)[C@@H](Cc1ccccc1)NC(=O)[C@H](N)Cc1ccccc1)CC(C)C. The highest BCUT2D eigenvalue weighted by Gasteiger charge is 2.31. The number of methoxy groups -OCH3 is 1. The zero-order valence-electron chi connectivity index (χ0n) is 30.3. The Bertz CT molecular complexity index is 1250. The highest BCUT2D eigenvalue weighted by Crippen LogP contribution is 2.20. The minimum Gasteiger partial charge on any atom is -0.382 e. The quantitative estimate of drug-likeness (QED) is 0.0972. The van der Waals surface area contributed by atoms with E-state index in [1.807, 2.05) is 74.5 Å². The Kier molecular flexibility index (Phi) is 21.7. The fourth-order valence-electron chi connectivity index (χ4n) is 5.65. The zero-order chi connectivity index (χ0) is 36.6. The molecule has 0 aliphatic carbocycles. The molecular formula is C39H60N4O7. The number of hydrogen-bond donors (Lipinski definition) is 4. The molecule has 6 N–H and O–H groups in total. The van der Waals surface area contributed by atoms with Gasteiger partial charge in [0.15, 0.2) is 11.6 Å². The van der Waals surface area contributed by atoms with E-state index in [9.17, 15) is 19.2 Å². The first-order valence-electron chi connectivity index (χ1n) is 18.0. The van der Waals surface area contributed by atoms with E-state index in [1.165, 1.54) is 0 Å². The summed E-state index contributed by atoms with van der Waals surface area (Å²) < 4.78 is 15.9. The van der Waals surface area contributed by atoms with Gasteiger partial charge in [-0.15, -0.1) is 0 Å². The molecule has 2 aromatic rings. The van der Waals surface area contributed by atoms with E-state index in [4.69, 9.17) is 25.7 Å².